The molecule has 0 atom stereocenters. The number of fused-ring (bicyclic) bond motifs is 1. The van der Waals surface area contributed by atoms with Gasteiger partial charge in [0.2, 0.25) is 5.95 Å². The first kappa shape index (κ1) is 15.0. The molecule has 5 nitrogen and oxygen atoms in total. The number of thiophene rings is 1. The number of hydrogen-bond donors (Lipinski definition) is 2. The van der Waals surface area contributed by atoms with Gasteiger partial charge in [-0.1, -0.05) is 6.92 Å². The second kappa shape index (κ2) is 6.85. The summed E-state index contributed by atoms with van der Waals surface area (Å²) in [5.74, 6) is 1.65. The molecule has 2 rings (SSSR count). The Balaban J connectivity index is 2.23. The van der Waals surface area contributed by atoms with Gasteiger partial charge in [-0.3, -0.25) is 0 Å². The number of nitrogens with zero attached hydrogens (tertiary/aromatic N) is 3. The van der Waals surface area contributed by atoms with Crippen molar-refractivity contribution < 1.29 is 0 Å². The number of aryl methyl sites for hydroxylation is 1. The molecule has 0 aliphatic carbocycles. The molecule has 20 heavy (non-hydrogen) atoms. The topological polar surface area (TPSA) is 53.1 Å². The Hall–Kier alpha value is -1.40. The van der Waals surface area contributed by atoms with Crippen LogP contribution in [0, 0.1) is 6.92 Å². The third-order valence-electron chi connectivity index (χ3n) is 2.90. The maximum Gasteiger partial charge on any atom is 0.226 e. The highest BCUT2D eigenvalue weighted by Gasteiger charge is 2.10. The van der Waals surface area contributed by atoms with Gasteiger partial charge in [0, 0.05) is 24.5 Å². The molecule has 0 radical (unpaired) electrons. The number of nitrogens with one attached hydrogen (secondary N) is 2. The largest absolute Gasteiger partial charge is 0.368 e. The molecule has 0 amide bonds. The van der Waals surface area contributed by atoms with Crippen LogP contribution in [0.3, 0.4) is 0 Å². The van der Waals surface area contributed by atoms with Gasteiger partial charge in [-0.25, -0.2) is 4.98 Å². The second-order valence-corrected chi connectivity index (χ2v) is 6.36. The molecule has 0 aliphatic rings. The van der Waals surface area contributed by atoms with Crippen molar-refractivity contribution in [2.24, 2.45) is 0 Å². The predicted molar refractivity (Wildman–Crippen MR) is 88.0 cm³/mol. The van der Waals surface area contributed by atoms with Crippen molar-refractivity contribution in [3.8, 4) is 0 Å². The van der Waals surface area contributed by atoms with Gasteiger partial charge >= 0.3 is 0 Å². The monoisotopic (exact) mass is 293 g/mol. The zero-order valence-electron chi connectivity index (χ0n) is 12.7. The quantitative estimate of drug-likeness (QED) is 0.822. The van der Waals surface area contributed by atoms with E-state index in [9.17, 15) is 0 Å². The molecule has 0 unspecified atom stereocenters. The van der Waals surface area contributed by atoms with Crippen LogP contribution in [0.2, 0.25) is 0 Å². The number of rotatable bonds is 7. The normalized spacial score (nSPS) is 11.2. The van der Waals surface area contributed by atoms with Crippen molar-refractivity contribution in [3.63, 3.8) is 0 Å². The second-order valence-electron chi connectivity index (χ2n) is 5.13. The lowest BCUT2D eigenvalue weighted by atomic mass is 10.3. The third kappa shape index (κ3) is 3.80. The van der Waals surface area contributed by atoms with Crippen LogP contribution in [0.1, 0.15) is 18.2 Å². The van der Waals surface area contributed by atoms with Gasteiger partial charge in [0.1, 0.15) is 10.6 Å². The van der Waals surface area contributed by atoms with Crippen LogP contribution in [-0.4, -0.2) is 48.6 Å². The van der Waals surface area contributed by atoms with E-state index < -0.39 is 0 Å². The van der Waals surface area contributed by atoms with Crippen LogP contribution in [0.5, 0.6) is 0 Å². The molecule has 0 saturated heterocycles. The fourth-order valence-electron chi connectivity index (χ4n) is 1.89. The fourth-order valence-corrected chi connectivity index (χ4v) is 2.77. The van der Waals surface area contributed by atoms with Crippen molar-refractivity contribution in [2.75, 3.05) is 44.4 Å². The van der Waals surface area contributed by atoms with Crippen LogP contribution < -0.4 is 10.6 Å². The molecular weight excluding hydrogens is 270 g/mol. The van der Waals surface area contributed by atoms with Crippen LogP contribution in [0.4, 0.5) is 11.8 Å². The molecule has 0 bridgehead atoms. The Labute approximate surface area is 124 Å². The Morgan fingerprint density at radius 1 is 1.20 bits per heavy atom. The molecule has 2 aromatic heterocycles. The molecule has 2 N–H and O–H groups in total. The molecule has 110 valence electrons. The van der Waals surface area contributed by atoms with Crippen LogP contribution in [0.25, 0.3) is 10.2 Å². The third-order valence-corrected chi connectivity index (χ3v) is 3.84. The van der Waals surface area contributed by atoms with E-state index in [0.717, 1.165) is 42.1 Å². The van der Waals surface area contributed by atoms with Crippen molar-refractivity contribution in [3.05, 3.63) is 10.9 Å². The minimum atomic E-state index is 0.716. The van der Waals surface area contributed by atoms with Gasteiger partial charge in [-0.2, -0.15) is 4.98 Å². The van der Waals surface area contributed by atoms with Crippen molar-refractivity contribution >= 4 is 33.3 Å². The SMILES string of the molecule is CCCNc1nc(NCCN(C)C)c2cc(C)sc2n1. The van der Waals surface area contributed by atoms with Gasteiger partial charge in [-0.15, -0.1) is 11.3 Å². The molecule has 0 aromatic carbocycles. The molecule has 6 heteroatoms. The Morgan fingerprint density at radius 2 is 2.00 bits per heavy atom. The summed E-state index contributed by atoms with van der Waals surface area (Å²) in [4.78, 5) is 13.6. The predicted octanol–water partition coefficient (Wildman–Crippen LogP) is 2.80. The van der Waals surface area contributed by atoms with E-state index in [1.54, 1.807) is 11.3 Å². The maximum atomic E-state index is 4.60. The highest BCUT2D eigenvalue weighted by atomic mass is 32.1. The van der Waals surface area contributed by atoms with Gasteiger partial charge in [-0.05, 0) is 33.5 Å². The zero-order valence-corrected chi connectivity index (χ0v) is 13.5. The lowest BCUT2D eigenvalue weighted by Crippen LogP contribution is -2.21. The summed E-state index contributed by atoms with van der Waals surface area (Å²) in [6.07, 6.45) is 1.06. The van der Waals surface area contributed by atoms with Gasteiger partial charge in [0.05, 0.1) is 5.39 Å². The Morgan fingerprint density at radius 3 is 2.70 bits per heavy atom. The number of anilines is 2. The molecule has 2 aromatic rings. The summed E-state index contributed by atoms with van der Waals surface area (Å²) in [7, 11) is 4.14. The van der Waals surface area contributed by atoms with Crippen molar-refractivity contribution in [2.45, 2.75) is 20.3 Å². The Bertz CT molecular complexity index is 564. The van der Waals surface area contributed by atoms with E-state index in [4.69, 9.17) is 0 Å². The van der Waals surface area contributed by atoms with Crippen LogP contribution in [0.15, 0.2) is 6.07 Å². The van der Waals surface area contributed by atoms with Gasteiger partial charge in [0.15, 0.2) is 0 Å². The van der Waals surface area contributed by atoms with Gasteiger partial charge < -0.3 is 15.5 Å². The highest BCUT2D eigenvalue weighted by Crippen LogP contribution is 2.29. The molecule has 2 heterocycles. The zero-order chi connectivity index (χ0) is 14.5. The van der Waals surface area contributed by atoms with Crippen molar-refractivity contribution in [1.82, 2.24) is 14.9 Å². The lowest BCUT2D eigenvalue weighted by molar-refractivity contribution is 0.425. The van der Waals surface area contributed by atoms with E-state index in [1.165, 1.54) is 4.88 Å². The average molecular weight is 293 g/mol. The summed E-state index contributed by atoms with van der Waals surface area (Å²) in [6, 6.07) is 2.15. The highest BCUT2D eigenvalue weighted by molar-refractivity contribution is 7.18. The Kier molecular flexibility index (Phi) is 5.14. The number of likely N-dealkylation sites (N-methyl/N-ethyl adjacent to an activating group) is 1. The number of hydrogen-bond acceptors (Lipinski definition) is 6. The first-order chi connectivity index (χ1) is 9.60. The van der Waals surface area contributed by atoms with Crippen molar-refractivity contribution in [1.29, 1.82) is 0 Å². The number of aromatic nitrogens is 2. The van der Waals surface area contributed by atoms with Crippen LogP contribution >= 0.6 is 11.3 Å². The summed E-state index contributed by atoms with van der Waals surface area (Å²) in [6.45, 7) is 6.99. The molecule has 0 aliphatic heterocycles. The van der Waals surface area contributed by atoms with E-state index in [1.807, 2.05) is 0 Å². The first-order valence-corrected chi connectivity index (χ1v) is 7.82. The van der Waals surface area contributed by atoms with E-state index >= 15 is 0 Å². The van der Waals surface area contributed by atoms with Crippen LogP contribution in [-0.2, 0) is 0 Å². The standard InChI is InChI=1S/C14H23N5S/c1-5-6-16-14-17-12(15-7-8-19(3)4)11-9-10(2)20-13(11)18-14/h9H,5-8H2,1-4H3,(H2,15,16,17,18). The summed E-state index contributed by atoms with van der Waals surface area (Å²) in [5, 5.41) is 7.81. The molecule has 0 saturated carbocycles. The summed E-state index contributed by atoms with van der Waals surface area (Å²) < 4.78 is 0. The lowest BCUT2D eigenvalue weighted by Gasteiger charge is -2.12. The molecular formula is C14H23N5S. The van der Waals surface area contributed by atoms with E-state index in [0.29, 0.717) is 5.95 Å². The first-order valence-electron chi connectivity index (χ1n) is 7.00. The van der Waals surface area contributed by atoms with Gasteiger partial charge in [0.25, 0.3) is 0 Å². The van der Waals surface area contributed by atoms with E-state index in [2.05, 4.69) is 59.5 Å². The maximum absolute atomic E-state index is 4.60. The minimum absolute atomic E-state index is 0.716. The minimum Gasteiger partial charge on any atom is -0.368 e. The van der Waals surface area contributed by atoms with E-state index in [-0.39, 0.29) is 0 Å². The fraction of sp³-hybridized carbons (Fsp3) is 0.571. The molecule has 0 fully saturated rings. The molecule has 0 spiro atoms. The smallest absolute Gasteiger partial charge is 0.226 e. The summed E-state index contributed by atoms with van der Waals surface area (Å²) in [5.41, 5.74) is 0. The average Bonchev–Trinajstić information content (AvgIpc) is 2.76. The summed E-state index contributed by atoms with van der Waals surface area (Å²) >= 11 is 1.71.